The molecule has 0 heterocycles. The molecule has 0 aliphatic rings. The summed E-state index contributed by atoms with van der Waals surface area (Å²) in [5.41, 5.74) is 0.610. The summed E-state index contributed by atoms with van der Waals surface area (Å²) in [4.78, 5) is 19.9. The summed E-state index contributed by atoms with van der Waals surface area (Å²) in [6.07, 6.45) is 1.64. The number of amidine groups is 2. The molecule has 1 atom stereocenters. The minimum Gasteiger partial charge on any atom is -0.505 e. The molecule has 10 heteroatoms. The van der Waals surface area contributed by atoms with Crippen molar-refractivity contribution in [3.05, 3.63) is 34.7 Å². The standard InChI is InChI=1S/C21H33N7O2S/c1-7-14(31-8-2)12-26-17(28(6)20(23)19(22)24-3)13-25-16-11-9-10-15(18(16)29)21(30)27(4)5/h7,9-11,17,22-23,25-26,29H,3,8,12-13H2,1-2,4-6H3/b14-7-,22-19?,23-20?. The van der Waals surface area contributed by atoms with Crippen LogP contribution in [0.3, 0.4) is 0 Å². The highest BCUT2D eigenvalue weighted by Crippen LogP contribution is 2.28. The van der Waals surface area contributed by atoms with Crippen LogP contribution in [0.1, 0.15) is 24.2 Å². The van der Waals surface area contributed by atoms with Crippen molar-refractivity contribution in [2.45, 2.75) is 20.0 Å². The van der Waals surface area contributed by atoms with Crippen LogP contribution in [-0.2, 0) is 0 Å². The molecule has 0 aliphatic carbocycles. The molecule has 0 saturated carbocycles. The van der Waals surface area contributed by atoms with E-state index < -0.39 is 6.17 Å². The zero-order chi connectivity index (χ0) is 23.6. The van der Waals surface area contributed by atoms with Gasteiger partial charge in [-0.2, -0.15) is 0 Å². The van der Waals surface area contributed by atoms with Crippen molar-refractivity contribution in [1.29, 1.82) is 10.8 Å². The van der Waals surface area contributed by atoms with Crippen molar-refractivity contribution < 1.29 is 9.90 Å². The van der Waals surface area contributed by atoms with Crippen LogP contribution in [0.25, 0.3) is 0 Å². The van der Waals surface area contributed by atoms with E-state index in [1.54, 1.807) is 56.0 Å². The number of para-hydroxylation sites is 1. The summed E-state index contributed by atoms with van der Waals surface area (Å²) in [7, 11) is 4.94. The second-order valence-corrected chi connectivity index (χ2v) is 8.22. The van der Waals surface area contributed by atoms with Gasteiger partial charge in [-0.1, -0.05) is 19.1 Å². The Morgan fingerprint density at radius 3 is 2.58 bits per heavy atom. The SMILES string of the molecule is C=NC(=N)C(=N)N(C)C(CNc1cccc(C(=O)N(C)C)c1O)NC/C(=C/C)SCC. The number of benzene rings is 1. The molecular formula is C21H33N7O2S. The molecule has 0 spiro atoms. The van der Waals surface area contributed by atoms with Gasteiger partial charge in [0, 0.05) is 34.2 Å². The predicted octanol–water partition coefficient (Wildman–Crippen LogP) is 2.67. The summed E-state index contributed by atoms with van der Waals surface area (Å²) in [5, 5.41) is 33.1. The second-order valence-electron chi connectivity index (χ2n) is 6.83. The molecule has 1 unspecified atom stereocenters. The maximum Gasteiger partial charge on any atom is 0.257 e. The first-order valence-corrected chi connectivity index (χ1v) is 10.8. The summed E-state index contributed by atoms with van der Waals surface area (Å²) in [6.45, 7) is 8.25. The average Bonchev–Trinajstić information content (AvgIpc) is 2.76. The highest BCUT2D eigenvalue weighted by molar-refractivity contribution is 8.03. The number of phenols is 1. The van der Waals surface area contributed by atoms with Gasteiger partial charge in [-0.3, -0.25) is 20.9 Å². The first-order valence-electron chi connectivity index (χ1n) is 9.83. The molecule has 0 saturated heterocycles. The lowest BCUT2D eigenvalue weighted by Crippen LogP contribution is -2.52. The number of aliphatic imine (C=N–C) groups is 1. The van der Waals surface area contributed by atoms with E-state index in [4.69, 9.17) is 10.8 Å². The van der Waals surface area contributed by atoms with Crippen molar-refractivity contribution in [3.8, 4) is 5.75 Å². The highest BCUT2D eigenvalue weighted by Gasteiger charge is 2.21. The Balaban J connectivity index is 3.06. The molecule has 0 aromatic heterocycles. The Labute approximate surface area is 188 Å². The number of nitrogens with one attached hydrogen (secondary N) is 4. The molecule has 5 N–H and O–H groups in total. The number of aromatic hydroxyl groups is 1. The van der Waals surface area contributed by atoms with Gasteiger partial charge in [0.2, 0.25) is 0 Å². The van der Waals surface area contributed by atoms with Crippen molar-refractivity contribution in [2.75, 3.05) is 45.3 Å². The number of likely N-dealkylation sites (N-methyl/N-ethyl adjacent to an activating group) is 1. The summed E-state index contributed by atoms with van der Waals surface area (Å²) in [5.74, 6) is 0.204. The van der Waals surface area contributed by atoms with Gasteiger partial charge in [-0.25, -0.2) is 4.99 Å². The number of rotatable bonds is 10. The van der Waals surface area contributed by atoms with Gasteiger partial charge in [-0.15, -0.1) is 11.8 Å². The number of thioether (sulfide) groups is 1. The van der Waals surface area contributed by atoms with E-state index in [1.807, 2.05) is 13.0 Å². The molecule has 0 aliphatic heterocycles. The monoisotopic (exact) mass is 447 g/mol. The maximum atomic E-state index is 12.3. The van der Waals surface area contributed by atoms with Crippen LogP contribution in [0.15, 0.2) is 34.2 Å². The molecule has 0 radical (unpaired) electrons. The summed E-state index contributed by atoms with van der Waals surface area (Å²) in [6, 6.07) is 4.94. The molecule has 0 bridgehead atoms. The normalized spacial score (nSPS) is 12.1. The number of carbonyl (C=O) groups is 1. The molecule has 1 amide bonds. The van der Waals surface area contributed by atoms with Gasteiger partial charge in [0.05, 0.1) is 17.4 Å². The van der Waals surface area contributed by atoms with E-state index in [-0.39, 0.29) is 28.9 Å². The fourth-order valence-corrected chi connectivity index (χ4v) is 3.41. The number of allylic oxidation sites excluding steroid dienone is 1. The topological polar surface area (TPSA) is 128 Å². The Kier molecular flexibility index (Phi) is 10.8. The van der Waals surface area contributed by atoms with Crippen molar-refractivity contribution in [1.82, 2.24) is 15.1 Å². The molecule has 0 fully saturated rings. The molecule has 1 aromatic carbocycles. The lowest BCUT2D eigenvalue weighted by molar-refractivity contribution is 0.0824. The van der Waals surface area contributed by atoms with Crippen LogP contribution in [0.2, 0.25) is 0 Å². The van der Waals surface area contributed by atoms with E-state index >= 15 is 0 Å². The van der Waals surface area contributed by atoms with E-state index in [9.17, 15) is 9.90 Å². The quantitative estimate of drug-likeness (QED) is 0.162. The van der Waals surface area contributed by atoms with Gasteiger partial charge in [0.1, 0.15) is 0 Å². The zero-order valence-electron chi connectivity index (χ0n) is 18.8. The van der Waals surface area contributed by atoms with Crippen LogP contribution in [0.4, 0.5) is 5.69 Å². The minimum absolute atomic E-state index is 0.0831. The van der Waals surface area contributed by atoms with E-state index in [2.05, 4.69) is 29.3 Å². The molecule has 31 heavy (non-hydrogen) atoms. The molecule has 1 aromatic rings. The molecular weight excluding hydrogens is 414 g/mol. The largest absolute Gasteiger partial charge is 0.505 e. The number of hydrogen-bond donors (Lipinski definition) is 5. The average molecular weight is 448 g/mol. The molecule has 9 nitrogen and oxygen atoms in total. The Morgan fingerprint density at radius 1 is 1.35 bits per heavy atom. The number of carbonyl (C=O) groups excluding carboxylic acids is 1. The van der Waals surface area contributed by atoms with E-state index in [0.29, 0.717) is 18.8 Å². The maximum absolute atomic E-state index is 12.3. The van der Waals surface area contributed by atoms with Crippen LogP contribution in [0.5, 0.6) is 5.75 Å². The second kappa shape index (κ2) is 12.8. The summed E-state index contributed by atoms with van der Waals surface area (Å²) >= 11 is 1.73. The predicted molar refractivity (Wildman–Crippen MR) is 131 cm³/mol. The lowest BCUT2D eigenvalue weighted by Gasteiger charge is -2.31. The van der Waals surface area contributed by atoms with E-state index in [1.165, 1.54) is 4.90 Å². The Bertz CT molecular complexity index is 839. The molecule has 170 valence electrons. The number of nitrogens with zero attached hydrogens (tertiary/aromatic N) is 3. The molecule has 1 rings (SSSR count). The van der Waals surface area contributed by atoms with Crippen LogP contribution < -0.4 is 10.6 Å². The summed E-state index contributed by atoms with van der Waals surface area (Å²) < 4.78 is 0. The third-order valence-electron chi connectivity index (χ3n) is 4.52. The number of hydrogen-bond acceptors (Lipinski definition) is 7. The van der Waals surface area contributed by atoms with Gasteiger partial charge in [0.25, 0.3) is 5.91 Å². The minimum atomic E-state index is -0.394. The van der Waals surface area contributed by atoms with Crippen LogP contribution in [-0.4, -0.2) is 85.4 Å². The third kappa shape index (κ3) is 7.41. The van der Waals surface area contributed by atoms with Crippen molar-refractivity contribution in [2.24, 2.45) is 4.99 Å². The van der Waals surface area contributed by atoms with Crippen molar-refractivity contribution >= 4 is 41.7 Å². The van der Waals surface area contributed by atoms with Crippen molar-refractivity contribution in [3.63, 3.8) is 0 Å². The zero-order valence-corrected chi connectivity index (χ0v) is 19.6. The van der Waals surface area contributed by atoms with Crippen LogP contribution >= 0.6 is 11.8 Å². The van der Waals surface area contributed by atoms with E-state index in [0.717, 1.165) is 10.7 Å². The Morgan fingerprint density at radius 2 is 2.03 bits per heavy atom. The lowest BCUT2D eigenvalue weighted by atomic mass is 10.1. The third-order valence-corrected chi connectivity index (χ3v) is 5.56. The van der Waals surface area contributed by atoms with Gasteiger partial charge in [-0.05, 0) is 36.4 Å². The Hall–Kier alpha value is -2.85. The van der Waals surface area contributed by atoms with Gasteiger partial charge in [0.15, 0.2) is 17.4 Å². The first kappa shape index (κ1) is 26.2. The highest BCUT2D eigenvalue weighted by atomic mass is 32.2. The number of amides is 1. The fourth-order valence-electron chi connectivity index (χ4n) is 2.69. The fraction of sp³-hybridized carbons (Fsp3) is 0.429. The van der Waals surface area contributed by atoms with Gasteiger partial charge < -0.3 is 20.2 Å². The smallest absolute Gasteiger partial charge is 0.257 e. The number of anilines is 1. The first-order chi connectivity index (χ1) is 14.7. The number of phenolic OH excluding ortho intramolecular Hbond substituents is 1. The van der Waals surface area contributed by atoms with Gasteiger partial charge >= 0.3 is 0 Å². The van der Waals surface area contributed by atoms with Crippen LogP contribution in [0, 0.1) is 10.8 Å².